The lowest BCUT2D eigenvalue weighted by atomic mass is 9.76. The van der Waals surface area contributed by atoms with Gasteiger partial charge in [-0.3, -0.25) is 0 Å². The summed E-state index contributed by atoms with van der Waals surface area (Å²) in [4.78, 5) is 3.67. The van der Waals surface area contributed by atoms with Crippen molar-refractivity contribution < 1.29 is 32.5 Å². The average Bonchev–Trinajstić information content (AvgIpc) is 2.80. The van der Waals surface area contributed by atoms with Crippen LogP contribution in [0.3, 0.4) is 0 Å². The Kier molecular flexibility index (Phi) is 3.45. The molecule has 19 heavy (non-hydrogen) atoms. The highest BCUT2D eigenvalue weighted by atomic mass is 19.4. The van der Waals surface area contributed by atoms with E-state index in [0.29, 0.717) is 0 Å². The summed E-state index contributed by atoms with van der Waals surface area (Å²) >= 11 is 0. The van der Waals surface area contributed by atoms with Crippen LogP contribution >= 0.6 is 0 Å². The first-order valence-electron chi connectivity index (χ1n) is 4.89. The molecule has 0 radical (unpaired) electrons. The average molecular weight is 274 g/mol. The van der Waals surface area contributed by atoms with E-state index in [2.05, 4.69) is 19.4 Å². The van der Waals surface area contributed by atoms with Crippen LogP contribution in [0.1, 0.15) is 0 Å². The van der Waals surface area contributed by atoms with E-state index in [4.69, 9.17) is 10.0 Å². The molecule has 0 atom stereocenters. The van der Waals surface area contributed by atoms with Crippen molar-refractivity contribution in [2.24, 2.45) is 0 Å². The molecule has 0 saturated carbocycles. The molecule has 0 aliphatic rings. The van der Waals surface area contributed by atoms with E-state index in [9.17, 15) is 13.2 Å². The first-order chi connectivity index (χ1) is 8.87. The number of ether oxygens (including phenoxy) is 1. The van der Waals surface area contributed by atoms with Crippen LogP contribution in [-0.4, -0.2) is 33.7 Å². The lowest BCUT2D eigenvalue weighted by Crippen LogP contribution is -2.32. The molecule has 2 rings (SSSR count). The summed E-state index contributed by atoms with van der Waals surface area (Å²) in [5.74, 6) is -0.565. The number of nitrogens with zero attached hydrogens (tertiary/aromatic N) is 2. The van der Waals surface area contributed by atoms with Gasteiger partial charge in [-0.25, -0.2) is 0 Å². The molecule has 1 heterocycles. The molecule has 0 aliphatic carbocycles. The smallest absolute Gasteiger partial charge is 0.423 e. The fourth-order valence-corrected chi connectivity index (χ4v) is 1.44. The summed E-state index contributed by atoms with van der Waals surface area (Å²) in [7, 11) is -2.01. The second-order valence-electron chi connectivity index (χ2n) is 3.43. The summed E-state index contributed by atoms with van der Waals surface area (Å²) in [5, 5.41) is 21.8. The van der Waals surface area contributed by atoms with Crippen LogP contribution < -0.4 is 10.2 Å². The highest BCUT2D eigenvalue weighted by Crippen LogP contribution is 2.24. The van der Waals surface area contributed by atoms with Gasteiger partial charge in [-0.15, -0.1) is 13.2 Å². The third-order valence-electron chi connectivity index (χ3n) is 2.14. The lowest BCUT2D eigenvalue weighted by Gasteiger charge is -2.11. The Hall–Kier alpha value is -2.07. The van der Waals surface area contributed by atoms with Crippen LogP contribution in [-0.2, 0) is 0 Å². The number of hydrogen-bond donors (Lipinski definition) is 2. The first kappa shape index (κ1) is 13.4. The highest BCUT2D eigenvalue weighted by Gasteiger charge is 2.32. The molecule has 2 aromatic rings. The highest BCUT2D eigenvalue weighted by molar-refractivity contribution is 6.60. The maximum atomic E-state index is 12.1. The molecule has 6 nitrogen and oxygen atoms in total. The van der Waals surface area contributed by atoms with Gasteiger partial charge in [0.05, 0.1) is 0 Å². The minimum absolute atomic E-state index is 0.0154. The summed E-state index contributed by atoms with van der Waals surface area (Å²) < 4.78 is 44.3. The van der Waals surface area contributed by atoms with Gasteiger partial charge >= 0.3 is 13.5 Å². The van der Waals surface area contributed by atoms with Crippen LogP contribution in [0.4, 0.5) is 13.2 Å². The zero-order chi connectivity index (χ0) is 14.0. The minimum atomic E-state index is -4.87. The number of hydrogen-bond acceptors (Lipinski definition) is 6. The summed E-state index contributed by atoms with van der Waals surface area (Å²) in [6, 6.07) is 3.01. The molecule has 0 amide bonds. The zero-order valence-electron chi connectivity index (χ0n) is 9.13. The molecule has 0 saturated heterocycles. The van der Waals surface area contributed by atoms with Crippen molar-refractivity contribution in [3.05, 3.63) is 24.6 Å². The predicted octanol–water partition coefficient (Wildman–Crippen LogP) is 0.315. The maximum Gasteiger partial charge on any atom is 0.573 e. The third kappa shape index (κ3) is 3.23. The van der Waals surface area contributed by atoms with E-state index in [-0.39, 0.29) is 16.9 Å². The predicted molar refractivity (Wildman–Crippen MR) is 56.2 cm³/mol. The van der Waals surface area contributed by atoms with Crippen LogP contribution in [0, 0.1) is 0 Å². The number of rotatable bonds is 3. The monoisotopic (exact) mass is 274 g/mol. The molecule has 0 bridgehead atoms. The van der Waals surface area contributed by atoms with Gasteiger partial charge in [-0.2, -0.15) is 4.98 Å². The quantitative estimate of drug-likeness (QED) is 0.783. The van der Waals surface area contributed by atoms with Gasteiger partial charge in [-0.1, -0.05) is 5.16 Å². The molecular formula is C9H6BF3N2O4. The molecule has 0 fully saturated rings. The SMILES string of the molecule is OB(O)c1cc(OC(F)(F)F)ccc1-c1ncon1. The van der Waals surface area contributed by atoms with E-state index in [1.807, 2.05) is 0 Å². The van der Waals surface area contributed by atoms with Gasteiger partial charge in [0.1, 0.15) is 5.75 Å². The van der Waals surface area contributed by atoms with Crippen molar-refractivity contribution in [3.63, 3.8) is 0 Å². The van der Waals surface area contributed by atoms with Gasteiger partial charge in [0, 0.05) is 5.56 Å². The van der Waals surface area contributed by atoms with Crippen molar-refractivity contribution in [2.75, 3.05) is 0 Å². The van der Waals surface area contributed by atoms with E-state index in [1.54, 1.807) is 0 Å². The van der Waals surface area contributed by atoms with Gasteiger partial charge < -0.3 is 19.3 Å². The molecule has 1 aromatic heterocycles. The minimum Gasteiger partial charge on any atom is -0.423 e. The Morgan fingerprint density at radius 2 is 2.00 bits per heavy atom. The molecule has 100 valence electrons. The topological polar surface area (TPSA) is 88.6 Å². The largest absolute Gasteiger partial charge is 0.573 e. The number of benzene rings is 1. The molecular weight excluding hydrogens is 268 g/mol. The van der Waals surface area contributed by atoms with E-state index >= 15 is 0 Å². The Morgan fingerprint density at radius 1 is 1.26 bits per heavy atom. The number of halogens is 3. The van der Waals surface area contributed by atoms with Crippen LogP contribution in [0.2, 0.25) is 0 Å². The maximum absolute atomic E-state index is 12.1. The summed E-state index contributed by atoms with van der Waals surface area (Å²) in [5.41, 5.74) is -0.110. The third-order valence-corrected chi connectivity index (χ3v) is 2.14. The van der Waals surface area contributed by atoms with Crippen LogP contribution in [0.15, 0.2) is 29.1 Å². The van der Waals surface area contributed by atoms with Crippen LogP contribution in [0.25, 0.3) is 11.4 Å². The Labute approximate surface area is 104 Å². The zero-order valence-corrected chi connectivity index (χ0v) is 9.13. The van der Waals surface area contributed by atoms with Crippen molar-refractivity contribution >= 4 is 12.6 Å². The second-order valence-corrected chi connectivity index (χ2v) is 3.43. The fraction of sp³-hybridized carbons (Fsp3) is 0.111. The van der Waals surface area contributed by atoms with E-state index in [1.165, 1.54) is 6.07 Å². The Bertz CT molecular complexity index is 559. The molecule has 2 N–H and O–H groups in total. The van der Waals surface area contributed by atoms with Crippen molar-refractivity contribution in [2.45, 2.75) is 6.36 Å². The Morgan fingerprint density at radius 3 is 2.53 bits per heavy atom. The fourth-order valence-electron chi connectivity index (χ4n) is 1.44. The molecule has 0 unspecified atom stereocenters. The first-order valence-corrected chi connectivity index (χ1v) is 4.89. The molecule has 0 spiro atoms. The number of aromatic nitrogens is 2. The van der Waals surface area contributed by atoms with Crippen molar-refractivity contribution in [3.8, 4) is 17.1 Å². The van der Waals surface area contributed by atoms with E-state index < -0.39 is 19.2 Å². The van der Waals surface area contributed by atoms with Crippen molar-refractivity contribution in [1.29, 1.82) is 0 Å². The lowest BCUT2D eigenvalue weighted by molar-refractivity contribution is -0.274. The van der Waals surface area contributed by atoms with Gasteiger partial charge in [0.15, 0.2) is 0 Å². The second kappa shape index (κ2) is 4.90. The van der Waals surface area contributed by atoms with Crippen molar-refractivity contribution in [1.82, 2.24) is 10.1 Å². The molecule has 1 aromatic carbocycles. The van der Waals surface area contributed by atoms with E-state index in [0.717, 1.165) is 18.5 Å². The normalized spacial score (nSPS) is 11.4. The molecule has 10 heteroatoms. The summed E-state index contributed by atoms with van der Waals surface area (Å²) in [6.45, 7) is 0. The van der Waals surface area contributed by atoms with Gasteiger partial charge in [0.25, 0.3) is 0 Å². The summed E-state index contributed by atoms with van der Waals surface area (Å²) in [6.07, 6.45) is -3.87. The number of alkyl halides is 3. The molecule has 0 aliphatic heterocycles. The standard InChI is InChI=1S/C9H6BF3N2O4/c11-9(12,13)19-5-1-2-6(7(3-5)10(16)17)8-14-4-18-15-8/h1-4,16-17H. The van der Waals surface area contributed by atoms with Gasteiger partial charge in [-0.05, 0) is 23.7 Å². The van der Waals surface area contributed by atoms with Crippen LogP contribution in [0.5, 0.6) is 5.75 Å². The Balaban J connectivity index is 2.42. The van der Waals surface area contributed by atoms with Gasteiger partial charge in [0.2, 0.25) is 12.2 Å².